The Balaban J connectivity index is 1.39. The highest BCUT2D eigenvalue weighted by Crippen LogP contribution is 2.33. The van der Waals surface area contributed by atoms with Gasteiger partial charge in [-0.15, -0.1) is 0 Å². The molecule has 0 saturated heterocycles. The fourth-order valence-corrected chi connectivity index (χ4v) is 3.93. The van der Waals surface area contributed by atoms with Gasteiger partial charge in [0, 0.05) is 23.2 Å². The summed E-state index contributed by atoms with van der Waals surface area (Å²) in [5.74, 6) is 0.557. The van der Waals surface area contributed by atoms with Crippen molar-refractivity contribution in [1.82, 2.24) is 5.32 Å². The van der Waals surface area contributed by atoms with E-state index in [4.69, 9.17) is 14.2 Å². The van der Waals surface area contributed by atoms with Gasteiger partial charge in [-0.25, -0.2) is 9.59 Å². The highest BCUT2D eigenvalue weighted by atomic mass is 16.6. The van der Waals surface area contributed by atoms with Gasteiger partial charge >= 0.3 is 12.1 Å². The number of fused-ring (bicyclic) bond motifs is 1. The summed E-state index contributed by atoms with van der Waals surface area (Å²) < 4.78 is 16.0. The van der Waals surface area contributed by atoms with E-state index < -0.39 is 23.7 Å². The smallest absolute Gasteiger partial charge is 0.408 e. The molecule has 0 saturated carbocycles. The average molecular weight is 515 g/mol. The minimum atomic E-state index is -0.891. The van der Waals surface area contributed by atoms with E-state index >= 15 is 0 Å². The van der Waals surface area contributed by atoms with Crippen molar-refractivity contribution in [3.05, 3.63) is 89.5 Å². The van der Waals surface area contributed by atoms with Crippen LogP contribution in [0.25, 0.3) is 11.6 Å². The van der Waals surface area contributed by atoms with Gasteiger partial charge in [0.15, 0.2) is 0 Å². The molecule has 1 aliphatic rings. The van der Waals surface area contributed by atoms with E-state index in [0.717, 1.165) is 22.4 Å². The second kappa shape index (κ2) is 11.2. The number of hydrogen-bond donors (Lipinski definition) is 2. The molecular formula is C30H30N2O6. The lowest BCUT2D eigenvalue weighted by Crippen LogP contribution is -2.45. The van der Waals surface area contributed by atoms with Crippen LogP contribution in [0.4, 0.5) is 10.5 Å². The van der Waals surface area contributed by atoms with Gasteiger partial charge in [-0.05, 0) is 68.3 Å². The molecule has 0 aliphatic carbocycles. The highest BCUT2D eigenvalue weighted by molar-refractivity contribution is 6.34. The van der Waals surface area contributed by atoms with Crippen molar-refractivity contribution in [2.24, 2.45) is 0 Å². The molecule has 0 bridgehead atoms. The number of amides is 2. The lowest BCUT2D eigenvalue weighted by molar-refractivity contribution is -0.143. The molecule has 2 N–H and O–H groups in total. The third kappa shape index (κ3) is 6.79. The number of ether oxygens (including phenoxy) is 3. The number of rotatable bonds is 7. The first-order valence-corrected chi connectivity index (χ1v) is 12.2. The summed E-state index contributed by atoms with van der Waals surface area (Å²) in [6.07, 6.45) is 1.39. The van der Waals surface area contributed by atoms with Crippen molar-refractivity contribution < 1.29 is 28.6 Å². The molecule has 0 fully saturated rings. The summed E-state index contributed by atoms with van der Waals surface area (Å²) in [6, 6.07) is 21.3. The van der Waals surface area contributed by atoms with Crippen molar-refractivity contribution in [2.45, 2.75) is 38.8 Å². The molecule has 3 aromatic carbocycles. The fraction of sp³-hybridized carbons (Fsp3) is 0.233. The van der Waals surface area contributed by atoms with Gasteiger partial charge in [0.25, 0.3) is 5.91 Å². The summed E-state index contributed by atoms with van der Waals surface area (Å²) >= 11 is 0. The second-order valence-corrected chi connectivity index (χ2v) is 9.80. The molecule has 196 valence electrons. The first kappa shape index (κ1) is 26.5. The number of esters is 1. The first-order valence-electron chi connectivity index (χ1n) is 12.2. The quantitative estimate of drug-likeness (QED) is 0.315. The van der Waals surface area contributed by atoms with Gasteiger partial charge in [0.1, 0.15) is 23.1 Å². The number of para-hydroxylation sites is 1. The third-order valence-electron chi connectivity index (χ3n) is 5.68. The number of alkyl carbamates (subject to hydrolysis) is 1. The van der Waals surface area contributed by atoms with E-state index in [-0.39, 0.29) is 12.3 Å². The van der Waals surface area contributed by atoms with Gasteiger partial charge < -0.3 is 24.8 Å². The summed E-state index contributed by atoms with van der Waals surface area (Å²) in [5, 5.41) is 5.44. The Kier molecular flexibility index (Phi) is 7.81. The van der Waals surface area contributed by atoms with Gasteiger partial charge in [-0.2, -0.15) is 0 Å². The normalized spacial score (nSPS) is 14.3. The molecule has 0 radical (unpaired) electrons. The van der Waals surface area contributed by atoms with Crippen molar-refractivity contribution >= 4 is 35.3 Å². The number of carbonyl (C=O) groups excluding carboxylic acids is 3. The second-order valence-electron chi connectivity index (χ2n) is 9.80. The molecule has 2 amide bonds. The van der Waals surface area contributed by atoms with Gasteiger partial charge in [-0.3, -0.25) is 4.79 Å². The lowest BCUT2D eigenvalue weighted by atomic mass is 10.0. The van der Waals surface area contributed by atoms with E-state index in [1.165, 1.54) is 7.11 Å². The molecule has 8 nitrogen and oxygen atoms in total. The van der Waals surface area contributed by atoms with Crippen LogP contribution in [0.5, 0.6) is 11.5 Å². The van der Waals surface area contributed by atoms with E-state index in [2.05, 4.69) is 10.6 Å². The molecular weight excluding hydrogens is 484 g/mol. The number of nitrogens with one attached hydrogen (secondary N) is 2. The fourth-order valence-electron chi connectivity index (χ4n) is 3.93. The Hall–Kier alpha value is -4.59. The summed E-state index contributed by atoms with van der Waals surface area (Å²) in [7, 11) is 1.27. The number of benzene rings is 3. The van der Waals surface area contributed by atoms with Crippen LogP contribution in [0.15, 0.2) is 72.8 Å². The van der Waals surface area contributed by atoms with Gasteiger partial charge in [0.05, 0.1) is 7.11 Å². The Morgan fingerprint density at radius 1 is 0.947 bits per heavy atom. The molecule has 1 aliphatic heterocycles. The lowest BCUT2D eigenvalue weighted by Gasteiger charge is -2.22. The van der Waals surface area contributed by atoms with Gasteiger partial charge in [0.2, 0.25) is 0 Å². The maximum absolute atomic E-state index is 12.3. The monoisotopic (exact) mass is 514 g/mol. The third-order valence-corrected chi connectivity index (χ3v) is 5.68. The van der Waals surface area contributed by atoms with Crippen LogP contribution in [0, 0.1) is 0 Å². The summed E-state index contributed by atoms with van der Waals surface area (Å²) in [6.45, 7) is 5.24. The Labute approximate surface area is 221 Å². The SMILES string of the molecule is COC(=O)C(Cc1ccc(Oc2ccc(/C=C3/C(=O)Nc4ccccc43)cc2)cc1)NC(=O)OC(C)(C)C. The van der Waals surface area contributed by atoms with Crippen LogP contribution in [-0.4, -0.2) is 36.7 Å². The van der Waals surface area contributed by atoms with Crippen LogP contribution in [-0.2, 0) is 25.5 Å². The van der Waals surface area contributed by atoms with Crippen LogP contribution >= 0.6 is 0 Å². The topological polar surface area (TPSA) is 103 Å². The van der Waals surface area contributed by atoms with Gasteiger partial charge in [-0.1, -0.05) is 42.5 Å². The zero-order valence-electron chi connectivity index (χ0n) is 21.7. The maximum atomic E-state index is 12.3. The van der Waals surface area contributed by atoms with E-state index in [0.29, 0.717) is 17.1 Å². The van der Waals surface area contributed by atoms with Crippen LogP contribution in [0.1, 0.15) is 37.5 Å². The number of hydrogen-bond acceptors (Lipinski definition) is 6. The number of anilines is 1. The molecule has 1 heterocycles. The minimum Gasteiger partial charge on any atom is -0.467 e. The van der Waals surface area contributed by atoms with Crippen LogP contribution in [0.2, 0.25) is 0 Å². The van der Waals surface area contributed by atoms with E-state index in [1.807, 2.05) is 66.7 Å². The predicted molar refractivity (Wildman–Crippen MR) is 145 cm³/mol. The van der Waals surface area contributed by atoms with Crippen LogP contribution in [0.3, 0.4) is 0 Å². The summed E-state index contributed by atoms with van der Waals surface area (Å²) in [5.41, 5.74) is 3.31. The maximum Gasteiger partial charge on any atom is 0.408 e. The standard InChI is InChI=1S/C30H30N2O6/c1-30(2,3)38-29(35)32-26(28(34)36-4)18-20-11-15-22(16-12-20)37-21-13-9-19(10-14-21)17-24-23-7-5-6-8-25(23)31-27(24)33/h5-17,26H,18H2,1-4H3,(H,31,33)(H,32,35)/b24-17+. The highest BCUT2D eigenvalue weighted by Gasteiger charge is 2.25. The molecule has 4 rings (SSSR count). The average Bonchev–Trinajstić information content (AvgIpc) is 3.19. The van der Waals surface area contributed by atoms with E-state index in [9.17, 15) is 14.4 Å². The molecule has 0 spiro atoms. The van der Waals surface area contributed by atoms with Crippen molar-refractivity contribution in [1.29, 1.82) is 0 Å². The van der Waals surface area contributed by atoms with Crippen LogP contribution < -0.4 is 15.4 Å². The molecule has 38 heavy (non-hydrogen) atoms. The van der Waals surface area contributed by atoms with Crippen molar-refractivity contribution in [3.63, 3.8) is 0 Å². The Morgan fingerprint density at radius 3 is 2.21 bits per heavy atom. The Morgan fingerprint density at radius 2 is 1.58 bits per heavy atom. The largest absolute Gasteiger partial charge is 0.467 e. The van der Waals surface area contributed by atoms with Crippen molar-refractivity contribution in [2.75, 3.05) is 12.4 Å². The minimum absolute atomic E-state index is 0.123. The zero-order chi connectivity index (χ0) is 27.3. The number of methoxy groups -OCH3 is 1. The molecule has 8 heteroatoms. The molecule has 1 unspecified atom stereocenters. The molecule has 1 atom stereocenters. The predicted octanol–water partition coefficient (Wildman–Crippen LogP) is 5.58. The van der Waals surface area contributed by atoms with E-state index in [1.54, 1.807) is 32.9 Å². The number of carbonyl (C=O) groups is 3. The Bertz CT molecular complexity index is 1350. The van der Waals surface area contributed by atoms with Crippen molar-refractivity contribution in [3.8, 4) is 11.5 Å². The zero-order valence-corrected chi connectivity index (χ0v) is 21.7. The first-order chi connectivity index (χ1) is 18.1. The molecule has 0 aromatic heterocycles. The summed E-state index contributed by atoms with van der Waals surface area (Å²) in [4.78, 5) is 36.7. The molecule has 3 aromatic rings.